The Morgan fingerprint density at radius 2 is 2.00 bits per heavy atom. The maximum Gasteiger partial charge on any atom is 0.418 e. The van der Waals surface area contributed by atoms with E-state index < -0.39 is 17.8 Å². The number of amides is 2. The van der Waals surface area contributed by atoms with Crippen LogP contribution < -0.4 is 16.2 Å². The van der Waals surface area contributed by atoms with Crippen LogP contribution in [0, 0.1) is 0 Å². The van der Waals surface area contributed by atoms with Gasteiger partial charge in [-0.25, -0.2) is 9.78 Å². The zero-order chi connectivity index (χ0) is 18.7. The molecule has 2 aromatic rings. The van der Waals surface area contributed by atoms with E-state index in [0.717, 1.165) is 24.6 Å². The molecule has 0 spiro atoms. The highest BCUT2D eigenvalue weighted by Gasteiger charge is 2.33. The van der Waals surface area contributed by atoms with Gasteiger partial charge in [0, 0.05) is 25.1 Å². The number of nitrogens with zero attached hydrogens (tertiary/aromatic N) is 2. The summed E-state index contributed by atoms with van der Waals surface area (Å²) in [6.07, 6.45) is -1.06. The molecular weight excluding hydrogens is 349 g/mol. The molecule has 1 heterocycles. The number of alkyl halides is 3. The average Bonchev–Trinajstić information content (AvgIpc) is 3.41. The predicted molar refractivity (Wildman–Crippen MR) is 88.9 cm³/mol. The van der Waals surface area contributed by atoms with Gasteiger partial charge in [-0.15, -0.1) is 0 Å². The molecule has 0 atom stereocenters. The number of hydrogen-bond acceptors (Lipinski definition) is 3. The molecule has 26 heavy (non-hydrogen) atoms. The minimum atomic E-state index is -4.56. The third-order valence-corrected chi connectivity index (χ3v) is 4.02. The highest BCUT2D eigenvalue weighted by molar-refractivity contribution is 5.90. The summed E-state index contributed by atoms with van der Waals surface area (Å²) in [6.45, 7) is 0.246. The molecule has 6 nitrogen and oxygen atoms in total. The molecule has 0 unspecified atom stereocenters. The molecule has 0 radical (unpaired) electrons. The van der Waals surface area contributed by atoms with Crippen LogP contribution in [0.15, 0.2) is 41.5 Å². The maximum absolute atomic E-state index is 12.9. The zero-order valence-corrected chi connectivity index (χ0v) is 13.7. The fraction of sp³-hybridized carbons (Fsp3) is 0.353. The number of aromatic nitrogens is 2. The number of hydrogen-bond donors (Lipinski definition) is 2. The van der Waals surface area contributed by atoms with Gasteiger partial charge in [-0.3, -0.25) is 9.36 Å². The van der Waals surface area contributed by atoms with Crippen molar-refractivity contribution in [2.75, 3.05) is 11.9 Å². The smallest absolute Gasteiger partial charge is 0.336 e. The zero-order valence-electron chi connectivity index (χ0n) is 13.7. The van der Waals surface area contributed by atoms with E-state index in [1.54, 1.807) is 0 Å². The lowest BCUT2D eigenvalue weighted by Crippen LogP contribution is -2.34. The quantitative estimate of drug-likeness (QED) is 0.854. The number of carbonyl (C=O) groups excluding carboxylic acids is 1. The Hall–Kier alpha value is -2.84. The first-order valence-corrected chi connectivity index (χ1v) is 8.12. The van der Waals surface area contributed by atoms with Crippen molar-refractivity contribution in [1.82, 2.24) is 14.9 Å². The second kappa shape index (κ2) is 7.19. The number of halogens is 3. The molecular formula is C17H17F3N4O2. The second-order valence-corrected chi connectivity index (χ2v) is 6.04. The summed E-state index contributed by atoms with van der Waals surface area (Å²) in [5, 5.41) is 4.61. The Morgan fingerprint density at radius 3 is 2.65 bits per heavy atom. The summed E-state index contributed by atoms with van der Waals surface area (Å²) in [6, 6.07) is 5.42. The van der Waals surface area contributed by atoms with E-state index in [9.17, 15) is 22.8 Å². The summed E-state index contributed by atoms with van der Waals surface area (Å²) < 4.78 is 40.0. The second-order valence-electron chi connectivity index (χ2n) is 6.04. The number of para-hydroxylation sites is 1. The highest BCUT2D eigenvalue weighted by atomic mass is 19.4. The van der Waals surface area contributed by atoms with Crippen molar-refractivity contribution in [3.05, 3.63) is 58.3 Å². The summed E-state index contributed by atoms with van der Waals surface area (Å²) in [4.78, 5) is 28.0. The van der Waals surface area contributed by atoms with Crippen molar-refractivity contribution in [3.63, 3.8) is 0 Å². The minimum Gasteiger partial charge on any atom is -0.336 e. The third-order valence-electron chi connectivity index (χ3n) is 4.02. The largest absolute Gasteiger partial charge is 0.418 e. The van der Waals surface area contributed by atoms with Crippen LogP contribution in [0.1, 0.15) is 30.0 Å². The van der Waals surface area contributed by atoms with Gasteiger partial charge in [0.1, 0.15) is 0 Å². The highest BCUT2D eigenvalue weighted by Crippen LogP contribution is 2.38. The number of anilines is 1. The lowest BCUT2D eigenvalue weighted by atomic mass is 10.1. The SMILES string of the molecule is O=C(NCCn1cnc(C2CC2)cc1=O)Nc1ccccc1C(F)(F)F. The van der Waals surface area contributed by atoms with Crippen molar-refractivity contribution in [2.24, 2.45) is 0 Å². The molecule has 1 saturated carbocycles. The van der Waals surface area contributed by atoms with E-state index in [4.69, 9.17) is 0 Å². The Bertz CT molecular complexity index is 860. The van der Waals surface area contributed by atoms with Crippen LogP contribution >= 0.6 is 0 Å². The fourth-order valence-electron chi connectivity index (χ4n) is 2.51. The molecule has 0 saturated heterocycles. The van der Waals surface area contributed by atoms with Gasteiger partial charge in [0.2, 0.25) is 0 Å². The van der Waals surface area contributed by atoms with Crippen LogP contribution in [0.2, 0.25) is 0 Å². The Labute approximate surface area is 147 Å². The fourth-order valence-corrected chi connectivity index (χ4v) is 2.51. The van der Waals surface area contributed by atoms with Gasteiger partial charge in [-0.1, -0.05) is 12.1 Å². The number of urea groups is 1. The van der Waals surface area contributed by atoms with E-state index in [1.807, 2.05) is 0 Å². The van der Waals surface area contributed by atoms with Gasteiger partial charge >= 0.3 is 12.2 Å². The van der Waals surface area contributed by atoms with Gasteiger partial charge in [0.25, 0.3) is 5.56 Å². The van der Waals surface area contributed by atoms with Crippen LogP contribution in [0.4, 0.5) is 23.7 Å². The van der Waals surface area contributed by atoms with Gasteiger partial charge in [-0.2, -0.15) is 13.2 Å². The predicted octanol–water partition coefficient (Wildman–Crippen LogP) is 2.96. The molecule has 0 aliphatic heterocycles. The van der Waals surface area contributed by atoms with Crippen molar-refractivity contribution in [3.8, 4) is 0 Å². The van der Waals surface area contributed by atoms with E-state index in [2.05, 4.69) is 15.6 Å². The number of rotatable bonds is 5. The van der Waals surface area contributed by atoms with Gasteiger partial charge < -0.3 is 10.6 Å². The molecule has 1 aromatic heterocycles. The molecule has 1 fully saturated rings. The van der Waals surface area contributed by atoms with E-state index in [-0.39, 0.29) is 24.3 Å². The average molecular weight is 366 g/mol. The van der Waals surface area contributed by atoms with E-state index in [1.165, 1.54) is 35.2 Å². The lowest BCUT2D eigenvalue weighted by molar-refractivity contribution is -0.136. The van der Waals surface area contributed by atoms with Crippen LogP contribution in [-0.4, -0.2) is 22.1 Å². The monoisotopic (exact) mass is 366 g/mol. The number of nitrogens with one attached hydrogen (secondary N) is 2. The van der Waals surface area contributed by atoms with Crippen molar-refractivity contribution < 1.29 is 18.0 Å². The molecule has 2 N–H and O–H groups in total. The Morgan fingerprint density at radius 1 is 1.27 bits per heavy atom. The van der Waals surface area contributed by atoms with Crippen LogP contribution in [-0.2, 0) is 12.7 Å². The molecule has 1 aliphatic carbocycles. The maximum atomic E-state index is 12.9. The summed E-state index contributed by atoms with van der Waals surface area (Å²) in [7, 11) is 0. The van der Waals surface area contributed by atoms with Gasteiger partial charge in [0.05, 0.1) is 23.3 Å². The van der Waals surface area contributed by atoms with Gasteiger partial charge in [0.15, 0.2) is 0 Å². The van der Waals surface area contributed by atoms with Crippen molar-refractivity contribution in [1.29, 1.82) is 0 Å². The standard InChI is InChI=1S/C17H17F3N4O2/c18-17(19,20)12-3-1-2-4-13(12)23-16(26)21-7-8-24-10-22-14(9-15(24)25)11-5-6-11/h1-4,9-11H,5-8H2,(H2,21,23,26). The van der Waals surface area contributed by atoms with Crippen LogP contribution in [0.5, 0.6) is 0 Å². The normalized spacial score (nSPS) is 14.1. The topological polar surface area (TPSA) is 76.0 Å². The van der Waals surface area contributed by atoms with Crippen molar-refractivity contribution >= 4 is 11.7 Å². The van der Waals surface area contributed by atoms with E-state index in [0.29, 0.717) is 5.92 Å². The van der Waals surface area contributed by atoms with Crippen LogP contribution in [0.3, 0.4) is 0 Å². The van der Waals surface area contributed by atoms with Crippen LogP contribution in [0.25, 0.3) is 0 Å². The molecule has 0 bridgehead atoms. The Balaban J connectivity index is 1.54. The first-order valence-electron chi connectivity index (χ1n) is 8.12. The minimum absolute atomic E-state index is 0.0738. The summed E-state index contributed by atoms with van der Waals surface area (Å²) in [5.74, 6) is 0.370. The van der Waals surface area contributed by atoms with E-state index >= 15 is 0 Å². The number of benzene rings is 1. The first kappa shape index (κ1) is 18.0. The Kier molecular flexibility index (Phi) is 4.97. The summed E-state index contributed by atoms with van der Waals surface area (Å²) in [5.41, 5.74) is -0.691. The molecule has 2 amide bonds. The molecule has 1 aliphatic rings. The molecule has 1 aromatic carbocycles. The first-order chi connectivity index (χ1) is 12.3. The molecule has 3 rings (SSSR count). The third kappa shape index (κ3) is 4.41. The van der Waals surface area contributed by atoms with Crippen molar-refractivity contribution in [2.45, 2.75) is 31.5 Å². The lowest BCUT2D eigenvalue weighted by Gasteiger charge is -2.14. The summed E-state index contributed by atoms with van der Waals surface area (Å²) >= 11 is 0. The van der Waals surface area contributed by atoms with Gasteiger partial charge in [-0.05, 0) is 25.0 Å². The number of carbonyl (C=O) groups is 1. The molecule has 138 valence electrons. The molecule has 9 heteroatoms.